The number of halogens is 2. The number of hydrogen-bond acceptors (Lipinski definition) is 3. The zero-order chi connectivity index (χ0) is 16.1. The lowest BCUT2D eigenvalue weighted by Gasteiger charge is -2.03. The van der Waals surface area contributed by atoms with Crippen molar-refractivity contribution >= 4 is 35.3 Å². The minimum atomic E-state index is -0.186. The Morgan fingerprint density at radius 1 is 1.36 bits per heavy atom. The second kappa shape index (κ2) is 7.42. The van der Waals surface area contributed by atoms with Crippen molar-refractivity contribution in [1.82, 2.24) is 15.2 Å². The first-order valence-electron chi connectivity index (χ1n) is 6.73. The van der Waals surface area contributed by atoms with Crippen LogP contribution in [-0.4, -0.2) is 21.9 Å². The second-order valence-corrected chi connectivity index (χ2v) is 5.70. The highest BCUT2D eigenvalue weighted by molar-refractivity contribution is 6.36. The SMILES string of the molecule is Cc1cc(C)n(CCC(=O)N/N=C\c2ccc(Cl)cc2Cl)n1. The predicted octanol–water partition coefficient (Wildman–Crippen LogP) is 3.35. The van der Waals surface area contributed by atoms with Crippen LogP contribution in [0.15, 0.2) is 29.4 Å². The van der Waals surface area contributed by atoms with Gasteiger partial charge in [0.25, 0.3) is 0 Å². The summed E-state index contributed by atoms with van der Waals surface area (Å²) in [4.78, 5) is 11.7. The molecule has 0 bridgehead atoms. The summed E-state index contributed by atoms with van der Waals surface area (Å²) >= 11 is 11.8. The maximum absolute atomic E-state index is 11.7. The molecule has 1 aromatic carbocycles. The lowest BCUT2D eigenvalue weighted by atomic mass is 10.2. The molecule has 116 valence electrons. The molecule has 1 N–H and O–H groups in total. The zero-order valence-electron chi connectivity index (χ0n) is 12.3. The number of aryl methyl sites for hydroxylation is 3. The van der Waals surface area contributed by atoms with Crippen LogP contribution in [-0.2, 0) is 11.3 Å². The fraction of sp³-hybridized carbons (Fsp3) is 0.267. The fourth-order valence-electron chi connectivity index (χ4n) is 1.94. The number of nitrogens with one attached hydrogen (secondary N) is 1. The molecule has 0 saturated carbocycles. The summed E-state index contributed by atoms with van der Waals surface area (Å²) in [6.07, 6.45) is 1.79. The summed E-state index contributed by atoms with van der Waals surface area (Å²) in [5.41, 5.74) is 5.12. The van der Waals surface area contributed by atoms with Gasteiger partial charge in [0.05, 0.1) is 23.5 Å². The lowest BCUT2D eigenvalue weighted by Crippen LogP contribution is -2.20. The Kier molecular flexibility index (Phi) is 5.57. The van der Waals surface area contributed by atoms with Crippen LogP contribution in [0.2, 0.25) is 10.0 Å². The van der Waals surface area contributed by atoms with Gasteiger partial charge in [-0.15, -0.1) is 0 Å². The summed E-state index contributed by atoms with van der Waals surface area (Å²) in [7, 11) is 0. The lowest BCUT2D eigenvalue weighted by molar-refractivity contribution is -0.121. The van der Waals surface area contributed by atoms with Crippen LogP contribution in [0.4, 0.5) is 0 Å². The molecule has 22 heavy (non-hydrogen) atoms. The predicted molar refractivity (Wildman–Crippen MR) is 88.5 cm³/mol. The number of hydrogen-bond donors (Lipinski definition) is 1. The van der Waals surface area contributed by atoms with E-state index in [1.165, 1.54) is 6.21 Å². The Morgan fingerprint density at radius 2 is 2.14 bits per heavy atom. The fourth-order valence-corrected chi connectivity index (χ4v) is 2.40. The minimum Gasteiger partial charge on any atom is -0.273 e. The molecule has 1 aromatic heterocycles. The van der Waals surface area contributed by atoms with Crippen LogP contribution in [0.1, 0.15) is 23.4 Å². The number of aromatic nitrogens is 2. The molecule has 1 heterocycles. The zero-order valence-corrected chi connectivity index (χ0v) is 13.8. The molecule has 0 aliphatic rings. The highest BCUT2D eigenvalue weighted by atomic mass is 35.5. The van der Waals surface area contributed by atoms with E-state index in [0.29, 0.717) is 28.6 Å². The Morgan fingerprint density at radius 3 is 2.77 bits per heavy atom. The summed E-state index contributed by atoms with van der Waals surface area (Å²) in [6.45, 7) is 4.39. The highest BCUT2D eigenvalue weighted by Gasteiger charge is 2.04. The number of carbonyl (C=O) groups excluding carboxylic acids is 1. The van der Waals surface area contributed by atoms with E-state index in [0.717, 1.165) is 11.4 Å². The summed E-state index contributed by atoms with van der Waals surface area (Å²) < 4.78 is 1.80. The van der Waals surface area contributed by atoms with Gasteiger partial charge >= 0.3 is 0 Å². The van der Waals surface area contributed by atoms with E-state index in [-0.39, 0.29) is 5.91 Å². The molecule has 2 rings (SSSR count). The Bertz CT molecular complexity index is 710. The van der Waals surface area contributed by atoms with E-state index in [9.17, 15) is 4.79 Å². The molecule has 0 fully saturated rings. The molecule has 5 nitrogen and oxygen atoms in total. The first kappa shape index (κ1) is 16.5. The molecule has 7 heteroatoms. The molecular formula is C15H16Cl2N4O. The van der Waals surface area contributed by atoms with E-state index in [4.69, 9.17) is 23.2 Å². The van der Waals surface area contributed by atoms with Gasteiger partial charge in [-0.05, 0) is 32.0 Å². The van der Waals surface area contributed by atoms with Crippen molar-refractivity contribution in [2.45, 2.75) is 26.8 Å². The molecule has 0 aliphatic carbocycles. The third-order valence-corrected chi connectivity index (χ3v) is 3.57. The smallest absolute Gasteiger partial charge is 0.241 e. The Hall–Kier alpha value is -1.85. The largest absolute Gasteiger partial charge is 0.273 e. The molecule has 0 saturated heterocycles. The maximum atomic E-state index is 11.7. The summed E-state index contributed by atoms with van der Waals surface area (Å²) in [6, 6.07) is 7.03. The first-order valence-corrected chi connectivity index (χ1v) is 7.49. The first-order chi connectivity index (χ1) is 10.5. The molecule has 0 unspecified atom stereocenters. The molecular weight excluding hydrogens is 323 g/mol. The van der Waals surface area contributed by atoms with E-state index >= 15 is 0 Å². The summed E-state index contributed by atoms with van der Waals surface area (Å²) in [5.74, 6) is -0.186. The van der Waals surface area contributed by atoms with Crippen molar-refractivity contribution in [2.24, 2.45) is 5.10 Å². The van der Waals surface area contributed by atoms with E-state index in [1.807, 2.05) is 19.9 Å². The van der Waals surface area contributed by atoms with E-state index in [2.05, 4.69) is 15.6 Å². The van der Waals surface area contributed by atoms with Crippen LogP contribution in [0.3, 0.4) is 0 Å². The quantitative estimate of drug-likeness (QED) is 0.671. The van der Waals surface area contributed by atoms with Crippen LogP contribution in [0.5, 0.6) is 0 Å². The average molecular weight is 339 g/mol. The maximum Gasteiger partial charge on any atom is 0.241 e. The molecule has 1 amide bonds. The normalized spacial score (nSPS) is 11.1. The van der Waals surface area contributed by atoms with Crippen molar-refractivity contribution in [3.05, 3.63) is 51.3 Å². The monoisotopic (exact) mass is 338 g/mol. The topological polar surface area (TPSA) is 59.3 Å². The van der Waals surface area contributed by atoms with E-state index in [1.54, 1.807) is 22.9 Å². The van der Waals surface area contributed by atoms with Crippen molar-refractivity contribution in [3.63, 3.8) is 0 Å². The summed E-state index contributed by atoms with van der Waals surface area (Å²) in [5, 5.41) is 9.22. The number of nitrogens with zero attached hydrogens (tertiary/aromatic N) is 3. The third kappa shape index (κ3) is 4.58. The molecule has 0 aliphatic heterocycles. The van der Waals surface area contributed by atoms with Crippen LogP contribution in [0, 0.1) is 13.8 Å². The Balaban J connectivity index is 1.85. The van der Waals surface area contributed by atoms with Crippen molar-refractivity contribution < 1.29 is 4.79 Å². The number of amides is 1. The van der Waals surface area contributed by atoms with Crippen LogP contribution in [0.25, 0.3) is 0 Å². The van der Waals surface area contributed by atoms with Gasteiger partial charge in [0.2, 0.25) is 5.91 Å². The van der Waals surface area contributed by atoms with Gasteiger partial charge in [0.1, 0.15) is 0 Å². The number of hydrazone groups is 1. The van der Waals surface area contributed by atoms with Crippen molar-refractivity contribution in [1.29, 1.82) is 0 Å². The van der Waals surface area contributed by atoms with Crippen LogP contribution < -0.4 is 5.43 Å². The van der Waals surface area contributed by atoms with Gasteiger partial charge in [-0.2, -0.15) is 10.2 Å². The number of rotatable bonds is 5. The number of benzene rings is 1. The molecule has 2 aromatic rings. The average Bonchev–Trinajstić information content (AvgIpc) is 2.77. The van der Waals surface area contributed by atoms with Gasteiger partial charge in [0, 0.05) is 22.7 Å². The minimum absolute atomic E-state index is 0.186. The van der Waals surface area contributed by atoms with Gasteiger partial charge in [0.15, 0.2) is 0 Å². The van der Waals surface area contributed by atoms with Gasteiger partial charge in [-0.1, -0.05) is 29.3 Å². The van der Waals surface area contributed by atoms with Gasteiger partial charge in [-0.3, -0.25) is 9.48 Å². The third-order valence-electron chi connectivity index (χ3n) is 3.01. The van der Waals surface area contributed by atoms with Crippen molar-refractivity contribution in [2.75, 3.05) is 0 Å². The molecule has 0 spiro atoms. The molecule has 0 atom stereocenters. The Labute approximate surface area is 138 Å². The standard InChI is InChI=1S/C15H16Cl2N4O/c1-10-7-11(2)21(20-10)6-5-15(22)19-18-9-12-3-4-13(16)8-14(12)17/h3-4,7-9H,5-6H2,1-2H3,(H,19,22)/b18-9-. The number of carbonyl (C=O) groups is 1. The molecule has 0 radical (unpaired) electrons. The van der Waals surface area contributed by atoms with Gasteiger partial charge in [-0.25, -0.2) is 5.43 Å². The highest BCUT2D eigenvalue weighted by Crippen LogP contribution is 2.19. The van der Waals surface area contributed by atoms with Gasteiger partial charge < -0.3 is 0 Å². The van der Waals surface area contributed by atoms with E-state index < -0.39 is 0 Å². The van der Waals surface area contributed by atoms with Crippen LogP contribution >= 0.6 is 23.2 Å². The second-order valence-electron chi connectivity index (χ2n) is 4.86. The van der Waals surface area contributed by atoms with Crippen molar-refractivity contribution in [3.8, 4) is 0 Å².